The standard InChI is InChI=1S/C13H19NO/c1-11-5-3-6-12(9-11)15-13-7-4-8-14(2)10-13/h3,5-6,9,13-14H,2,4,7-8,10H2,1H3. The molecule has 0 radical (unpaired) electrons. The molecule has 15 heavy (non-hydrogen) atoms. The minimum Gasteiger partial charge on any atom is -0.485 e. The Morgan fingerprint density at radius 1 is 1.47 bits per heavy atom. The Hall–Kier alpha value is -1.02. The van der Waals surface area contributed by atoms with E-state index in [1.54, 1.807) is 0 Å². The number of benzene rings is 1. The van der Waals surface area contributed by atoms with E-state index in [1.807, 2.05) is 12.1 Å². The molecular weight excluding hydrogens is 186 g/mol. The van der Waals surface area contributed by atoms with Crippen LogP contribution < -0.4 is 9.64 Å². The second-order valence-corrected chi connectivity index (χ2v) is 4.40. The predicted octanol–water partition coefficient (Wildman–Crippen LogP) is 1.21. The number of likely N-dealkylation sites (tertiary alicyclic amines) is 1. The smallest absolute Gasteiger partial charge is 0.145 e. The topological polar surface area (TPSA) is 13.7 Å². The predicted molar refractivity (Wildman–Crippen MR) is 60.9 cm³/mol. The third-order valence-electron chi connectivity index (χ3n) is 2.87. The normalized spacial score (nSPS) is 26.3. The van der Waals surface area contributed by atoms with Crippen molar-refractivity contribution in [3.05, 3.63) is 36.9 Å². The van der Waals surface area contributed by atoms with Crippen molar-refractivity contribution < 1.29 is 9.64 Å². The lowest BCUT2D eigenvalue weighted by atomic mass is 10.1. The van der Waals surface area contributed by atoms with E-state index in [-0.39, 0.29) is 0 Å². The first-order valence-corrected chi connectivity index (χ1v) is 5.64. The molecule has 1 N–H and O–H groups in total. The summed E-state index contributed by atoms with van der Waals surface area (Å²) < 4.78 is 5.95. The van der Waals surface area contributed by atoms with Crippen LogP contribution in [0.25, 0.3) is 0 Å². The molecule has 2 atom stereocenters. The maximum absolute atomic E-state index is 5.95. The van der Waals surface area contributed by atoms with Gasteiger partial charge >= 0.3 is 0 Å². The highest BCUT2D eigenvalue weighted by molar-refractivity contribution is 5.27. The summed E-state index contributed by atoms with van der Waals surface area (Å²) in [4.78, 5) is 1.33. The van der Waals surface area contributed by atoms with Gasteiger partial charge in [-0.15, -0.1) is 0 Å². The van der Waals surface area contributed by atoms with Crippen molar-refractivity contribution in [1.29, 1.82) is 0 Å². The van der Waals surface area contributed by atoms with Gasteiger partial charge in [-0.2, -0.15) is 7.05 Å². The molecule has 2 nitrogen and oxygen atoms in total. The number of ether oxygens (including phenoxy) is 1. The van der Waals surface area contributed by atoms with E-state index >= 15 is 0 Å². The van der Waals surface area contributed by atoms with Crippen molar-refractivity contribution in [2.45, 2.75) is 25.9 Å². The molecule has 1 aliphatic heterocycles. The fourth-order valence-corrected chi connectivity index (χ4v) is 2.09. The molecule has 0 aliphatic carbocycles. The van der Waals surface area contributed by atoms with Gasteiger partial charge in [-0.3, -0.25) is 0 Å². The van der Waals surface area contributed by atoms with Crippen molar-refractivity contribution in [1.82, 2.24) is 0 Å². The maximum Gasteiger partial charge on any atom is 0.145 e. The monoisotopic (exact) mass is 205 g/mol. The highest BCUT2D eigenvalue weighted by atomic mass is 16.5. The van der Waals surface area contributed by atoms with Crippen LogP contribution in [0.1, 0.15) is 18.4 Å². The van der Waals surface area contributed by atoms with E-state index in [0.29, 0.717) is 6.10 Å². The van der Waals surface area contributed by atoms with Crippen molar-refractivity contribution in [2.24, 2.45) is 0 Å². The molecule has 0 amide bonds. The molecule has 0 aromatic heterocycles. The van der Waals surface area contributed by atoms with Gasteiger partial charge in [0.05, 0.1) is 13.1 Å². The van der Waals surface area contributed by atoms with Crippen molar-refractivity contribution >= 4 is 0 Å². The first-order valence-electron chi connectivity index (χ1n) is 5.64. The van der Waals surface area contributed by atoms with E-state index in [9.17, 15) is 0 Å². The summed E-state index contributed by atoms with van der Waals surface area (Å²) in [5.41, 5.74) is 1.25. The van der Waals surface area contributed by atoms with E-state index in [4.69, 9.17) is 4.74 Å². The SMILES string of the molecule is [CH2-][NH+]1CCCC(Oc2cccc(C)c2)C1. The van der Waals surface area contributed by atoms with Crippen molar-refractivity contribution in [2.75, 3.05) is 13.1 Å². The molecule has 2 heteroatoms. The Kier molecular flexibility index (Phi) is 3.27. The highest BCUT2D eigenvalue weighted by Crippen LogP contribution is 2.16. The number of rotatable bonds is 2. The number of hydrogen-bond donors (Lipinski definition) is 1. The molecule has 0 bridgehead atoms. The molecule has 2 rings (SSSR count). The summed E-state index contributed by atoms with van der Waals surface area (Å²) in [6, 6.07) is 8.26. The number of quaternary nitrogens is 1. The van der Waals surface area contributed by atoms with Crippen LogP contribution in [0.3, 0.4) is 0 Å². The molecule has 1 aromatic carbocycles. The van der Waals surface area contributed by atoms with Gasteiger partial charge in [-0.25, -0.2) is 0 Å². The number of piperidine rings is 1. The van der Waals surface area contributed by atoms with E-state index < -0.39 is 0 Å². The third kappa shape index (κ3) is 2.96. The Morgan fingerprint density at radius 2 is 2.33 bits per heavy atom. The molecule has 82 valence electrons. The van der Waals surface area contributed by atoms with E-state index in [1.165, 1.54) is 23.4 Å². The van der Waals surface area contributed by atoms with Crippen molar-refractivity contribution in [3.63, 3.8) is 0 Å². The van der Waals surface area contributed by atoms with Gasteiger partial charge in [0.1, 0.15) is 11.9 Å². The van der Waals surface area contributed by atoms with Crippen LogP contribution in [0.15, 0.2) is 24.3 Å². The molecule has 0 saturated carbocycles. The lowest BCUT2D eigenvalue weighted by Gasteiger charge is -2.31. The molecule has 0 spiro atoms. The summed E-state index contributed by atoms with van der Waals surface area (Å²) in [5, 5.41) is 0. The Morgan fingerprint density at radius 3 is 3.07 bits per heavy atom. The van der Waals surface area contributed by atoms with Gasteiger partial charge in [0.15, 0.2) is 0 Å². The maximum atomic E-state index is 5.95. The summed E-state index contributed by atoms with van der Waals surface area (Å²) in [6.45, 7) is 4.29. The fraction of sp³-hybridized carbons (Fsp3) is 0.462. The zero-order chi connectivity index (χ0) is 10.7. The summed E-state index contributed by atoms with van der Waals surface area (Å²) in [5.74, 6) is 0.995. The molecule has 1 aromatic rings. The largest absolute Gasteiger partial charge is 0.485 e. The van der Waals surface area contributed by atoms with Crippen LogP contribution in [0.4, 0.5) is 0 Å². The van der Waals surface area contributed by atoms with Gasteiger partial charge in [-0.1, -0.05) is 12.1 Å². The Labute approximate surface area is 91.9 Å². The zero-order valence-corrected chi connectivity index (χ0v) is 9.33. The number of hydrogen-bond acceptors (Lipinski definition) is 1. The average molecular weight is 205 g/mol. The first-order chi connectivity index (χ1) is 7.24. The quantitative estimate of drug-likeness (QED) is 0.717. The second kappa shape index (κ2) is 4.67. The van der Waals surface area contributed by atoms with Gasteiger partial charge in [0, 0.05) is 0 Å². The van der Waals surface area contributed by atoms with Crippen LogP contribution in [-0.2, 0) is 0 Å². The molecule has 1 saturated heterocycles. The van der Waals surface area contributed by atoms with Gasteiger partial charge in [0.25, 0.3) is 0 Å². The molecular formula is C13H19NO. The highest BCUT2D eigenvalue weighted by Gasteiger charge is 2.18. The van der Waals surface area contributed by atoms with Crippen LogP contribution in [0, 0.1) is 14.0 Å². The van der Waals surface area contributed by atoms with Crippen LogP contribution in [0.5, 0.6) is 5.75 Å². The summed E-state index contributed by atoms with van der Waals surface area (Å²) in [6.07, 6.45) is 2.72. The molecule has 1 aliphatic rings. The van der Waals surface area contributed by atoms with Gasteiger partial charge in [0.2, 0.25) is 0 Å². The van der Waals surface area contributed by atoms with Crippen LogP contribution in [0.2, 0.25) is 0 Å². The minimum absolute atomic E-state index is 0.341. The Balaban J connectivity index is 1.96. The molecule has 1 heterocycles. The average Bonchev–Trinajstić information content (AvgIpc) is 2.17. The van der Waals surface area contributed by atoms with Gasteiger partial charge < -0.3 is 9.64 Å². The van der Waals surface area contributed by atoms with Crippen LogP contribution in [-0.4, -0.2) is 19.2 Å². The lowest BCUT2D eigenvalue weighted by Crippen LogP contribution is -3.09. The first kappa shape index (κ1) is 10.5. The molecule has 1 fully saturated rings. The fourth-order valence-electron chi connectivity index (χ4n) is 2.09. The lowest BCUT2D eigenvalue weighted by molar-refractivity contribution is -0.862. The third-order valence-corrected chi connectivity index (χ3v) is 2.87. The Bertz CT molecular complexity index is 324. The second-order valence-electron chi connectivity index (χ2n) is 4.40. The molecule has 2 unspecified atom stereocenters. The van der Waals surface area contributed by atoms with Crippen molar-refractivity contribution in [3.8, 4) is 5.75 Å². The minimum atomic E-state index is 0.341. The van der Waals surface area contributed by atoms with E-state index in [2.05, 4.69) is 26.1 Å². The van der Waals surface area contributed by atoms with E-state index in [0.717, 1.165) is 18.7 Å². The number of aryl methyl sites for hydroxylation is 1. The van der Waals surface area contributed by atoms with Crippen LogP contribution >= 0.6 is 0 Å². The zero-order valence-electron chi connectivity index (χ0n) is 9.33. The summed E-state index contributed by atoms with van der Waals surface area (Å²) in [7, 11) is 4.04. The van der Waals surface area contributed by atoms with Gasteiger partial charge in [-0.05, 0) is 37.5 Å². The summed E-state index contributed by atoms with van der Waals surface area (Å²) >= 11 is 0. The number of nitrogens with one attached hydrogen (secondary N) is 1.